The van der Waals surface area contributed by atoms with Gasteiger partial charge in [-0.25, -0.2) is 4.79 Å². The number of carboxylic acid groups (broad SMARTS) is 1. The average molecular weight is 409 g/mol. The Morgan fingerprint density at radius 3 is 2.19 bits per heavy atom. The zero-order chi connectivity index (χ0) is 18.4. The fraction of sp³-hybridized carbons (Fsp3) is 0.0455. The molecule has 4 heteroatoms. The van der Waals surface area contributed by atoms with Gasteiger partial charge in [0.25, 0.3) is 0 Å². The van der Waals surface area contributed by atoms with E-state index in [1.165, 1.54) is 0 Å². The molecule has 0 spiro atoms. The van der Waals surface area contributed by atoms with Crippen molar-refractivity contribution in [2.45, 2.75) is 6.61 Å². The topological polar surface area (TPSA) is 46.5 Å². The van der Waals surface area contributed by atoms with E-state index in [0.29, 0.717) is 12.2 Å². The molecule has 0 unspecified atom stereocenters. The Morgan fingerprint density at radius 2 is 1.58 bits per heavy atom. The molecule has 0 saturated heterocycles. The molecular weight excluding hydrogens is 392 g/mol. The minimum absolute atomic E-state index is 0.258. The van der Waals surface area contributed by atoms with Gasteiger partial charge in [-0.15, -0.1) is 0 Å². The Kier molecular flexibility index (Phi) is 5.87. The number of hydrogen-bond donors (Lipinski definition) is 1. The molecule has 0 bridgehead atoms. The van der Waals surface area contributed by atoms with Gasteiger partial charge in [-0.3, -0.25) is 0 Å². The Balaban J connectivity index is 1.72. The zero-order valence-corrected chi connectivity index (χ0v) is 15.5. The number of halogens is 1. The third kappa shape index (κ3) is 4.83. The van der Waals surface area contributed by atoms with Crippen LogP contribution in [0.2, 0.25) is 0 Å². The first-order valence-electron chi connectivity index (χ1n) is 8.09. The molecule has 1 N–H and O–H groups in total. The van der Waals surface area contributed by atoms with Gasteiger partial charge in [0.2, 0.25) is 0 Å². The standard InChI is InChI=1S/C22H17BrO3/c23-19-10-6-17(7-11-19)15-26-20-12-8-16(9-13-20)14-21(22(24)25)18-4-2-1-3-5-18/h1-14H,15H2,(H,24,25). The molecule has 3 rings (SSSR count). The second-order valence-electron chi connectivity index (χ2n) is 5.71. The van der Waals surface area contributed by atoms with Crippen LogP contribution in [0.15, 0.2) is 83.3 Å². The van der Waals surface area contributed by atoms with E-state index in [0.717, 1.165) is 21.3 Å². The van der Waals surface area contributed by atoms with E-state index in [1.54, 1.807) is 18.2 Å². The maximum atomic E-state index is 11.6. The molecule has 0 radical (unpaired) electrons. The molecule has 130 valence electrons. The Morgan fingerprint density at radius 1 is 0.923 bits per heavy atom. The zero-order valence-electron chi connectivity index (χ0n) is 13.9. The van der Waals surface area contributed by atoms with E-state index in [2.05, 4.69) is 15.9 Å². The summed E-state index contributed by atoms with van der Waals surface area (Å²) >= 11 is 3.41. The highest BCUT2D eigenvalue weighted by Gasteiger charge is 2.09. The van der Waals surface area contributed by atoms with Crippen LogP contribution in [0.25, 0.3) is 11.6 Å². The largest absolute Gasteiger partial charge is 0.489 e. The van der Waals surface area contributed by atoms with E-state index in [-0.39, 0.29) is 5.57 Å². The van der Waals surface area contributed by atoms with Crippen molar-refractivity contribution < 1.29 is 14.6 Å². The lowest BCUT2D eigenvalue weighted by atomic mass is 10.0. The summed E-state index contributed by atoms with van der Waals surface area (Å²) in [5.41, 5.74) is 2.82. The average Bonchev–Trinajstić information content (AvgIpc) is 2.67. The fourth-order valence-corrected chi connectivity index (χ4v) is 2.72. The molecule has 0 saturated carbocycles. The SMILES string of the molecule is O=C(O)C(=Cc1ccc(OCc2ccc(Br)cc2)cc1)c1ccccc1. The summed E-state index contributed by atoms with van der Waals surface area (Å²) in [6, 6.07) is 24.4. The van der Waals surface area contributed by atoms with Crippen LogP contribution >= 0.6 is 15.9 Å². The summed E-state index contributed by atoms with van der Waals surface area (Å²) in [5, 5.41) is 9.48. The number of carbonyl (C=O) groups is 1. The quantitative estimate of drug-likeness (QED) is 0.423. The Bertz CT molecular complexity index is 898. The minimum Gasteiger partial charge on any atom is -0.489 e. The van der Waals surface area contributed by atoms with Crippen molar-refractivity contribution >= 4 is 33.5 Å². The third-order valence-corrected chi connectivity index (χ3v) is 4.35. The van der Waals surface area contributed by atoms with Gasteiger partial charge in [0.05, 0.1) is 5.57 Å². The number of benzene rings is 3. The van der Waals surface area contributed by atoms with Crippen molar-refractivity contribution in [3.8, 4) is 5.75 Å². The lowest BCUT2D eigenvalue weighted by Crippen LogP contribution is -1.99. The van der Waals surface area contributed by atoms with Gasteiger partial charge < -0.3 is 9.84 Å². The van der Waals surface area contributed by atoms with E-state index in [4.69, 9.17) is 4.74 Å². The molecule has 3 aromatic carbocycles. The van der Waals surface area contributed by atoms with Gasteiger partial charge in [-0.2, -0.15) is 0 Å². The van der Waals surface area contributed by atoms with Gasteiger partial charge in [-0.05, 0) is 47.0 Å². The van der Waals surface area contributed by atoms with E-state index >= 15 is 0 Å². The number of ether oxygens (including phenoxy) is 1. The van der Waals surface area contributed by atoms with Crippen LogP contribution in [-0.4, -0.2) is 11.1 Å². The fourth-order valence-electron chi connectivity index (χ4n) is 2.46. The predicted molar refractivity (Wildman–Crippen MR) is 107 cm³/mol. The first-order valence-corrected chi connectivity index (χ1v) is 8.89. The first-order chi connectivity index (χ1) is 12.6. The summed E-state index contributed by atoms with van der Waals surface area (Å²) in [7, 11) is 0. The highest BCUT2D eigenvalue weighted by molar-refractivity contribution is 9.10. The van der Waals surface area contributed by atoms with Crippen molar-refractivity contribution in [1.82, 2.24) is 0 Å². The van der Waals surface area contributed by atoms with Gasteiger partial charge >= 0.3 is 5.97 Å². The maximum Gasteiger partial charge on any atom is 0.336 e. The van der Waals surface area contributed by atoms with Crippen LogP contribution in [0.3, 0.4) is 0 Å². The van der Waals surface area contributed by atoms with Gasteiger partial charge in [0.1, 0.15) is 12.4 Å². The summed E-state index contributed by atoms with van der Waals surface area (Å²) in [4.78, 5) is 11.6. The summed E-state index contributed by atoms with van der Waals surface area (Å²) in [6.07, 6.45) is 1.66. The molecule has 0 atom stereocenters. The predicted octanol–water partition coefficient (Wildman–Crippen LogP) is 5.65. The lowest BCUT2D eigenvalue weighted by molar-refractivity contribution is -0.130. The molecule has 0 aromatic heterocycles. The molecule has 0 fully saturated rings. The van der Waals surface area contributed by atoms with Crippen LogP contribution < -0.4 is 4.74 Å². The highest BCUT2D eigenvalue weighted by atomic mass is 79.9. The van der Waals surface area contributed by atoms with Gasteiger partial charge in [-0.1, -0.05) is 70.5 Å². The van der Waals surface area contributed by atoms with E-state index in [9.17, 15) is 9.90 Å². The maximum absolute atomic E-state index is 11.6. The van der Waals surface area contributed by atoms with Crippen LogP contribution in [-0.2, 0) is 11.4 Å². The summed E-state index contributed by atoms with van der Waals surface area (Å²) in [5.74, 6) is -0.214. The van der Waals surface area contributed by atoms with Crippen LogP contribution in [0.4, 0.5) is 0 Å². The molecule has 0 aliphatic heterocycles. The smallest absolute Gasteiger partial charge is 0.336 e. The third-order valence-electron chi connectivity index (χ3n) is 3.83. The van der Waals surface area contributed by atoms with Crippen LogP contribution in [0.5, 0.6) is 5.75 Å². The number of rotatable bonds is 6. The van der Waals surface area contributed by atoms with Gasteiger partial charge in [0.15, 0.2) is 0 Å². The van der Waals surface area contributed by atoms with Crippen molar-refractivity contribution in [2.75, 3.05) is 0 Å². The molecule has 3 aromatic rings. The minimum atomic E-state index is -0.952. The molecule has 0 aliphatic carbocycles. The second-order valence-corrected chi connectivity index (χ2v) is 6.63. The Labute approximate surface area is 160 Å². The highest BCUT2D eigenvalue weighted by Crippen LogP contribution is 2.21. The first kappa shape index (κ1) is 18.0. The number of aliphatic carboxylic acids is 1. The van der Waals surface area contributed by atoms with Crippen molar-refractivity contribution in [2.24, 2.45) is 0 Å². The molecule has 0 amide bonds. The van der Waals surface area contributed by atoms with Crippen LogP contribution in [0.1, 0.15) is 16.7 Å². The van der Waals surface area contributed by atoms with E-state index in [1.807, 2.05) is 66.7 Å². The van der Waals surface area contributed by atoms with Crippen LogP contribution in [0, 0.1) is 0 Å². The lowest BCUT2D eigenvalue weighted by Gasteiger charge is -2.07. The summed E-state index contributed by atoms with van der Waals surface area (Å²) in [6.45, 7) is 0.479. The molecular formula is C22H17BrO3. The van der Waals surface area contributed by atoms with Crippen molar-refractivity contribution in [1.29, 1.82) is 0 Å². The normalized spacial score (nSPS) is 11.2. The second kappa shape index (κ2) is 8.50. The van der Waals surface area contributed by atoms with Gasteiger partial charge in [0, 0.05) is 4.47 Å². The van der Waals surface area contributed by atoms with Crippen molar-refractivity contribution in [3.63, 3.8) is 0 Å². The summed E-state index contributed by atoms with van der Waals surface area (Å²) < 4.78 is 6.80. The number of carboxylic acids is 1. The molecule has 3 nitrogen and oxygen atoms in total. The van der Waals surface area contributed by atoms with E-state index < -0.39 is 5.97 Å². The molecule has 0 aliphatic rings. The molecule has 0 heterocycles. The molecule has 26 heavy (non-hydrogen) atoms. The number of hydrogen-bond acceptors (Lipinski definition) is 2. The van der Waals surface area contributed by atoms with Crippen molar-refractivity contribution in [3.05, 3.63) is 100 Å². The Hall–Kier alpha value is -2.85. The monoisotopic (exact) mass is 408 g/mol.